The van der Waals surface area contributed by atoms with Crippen molar-refractivity contribution in [2.45, 2.75) is 33.2 Å². The molecule has 0 spiro atoms. The molecule has 0 radical (unpaired) electrons. The van der Waals surface area contributed by atoms with Crippen molar-refractivity contribution in [3.63, 3.8) is 0 Å². The Hall–Kier alpha value is -1.18. The molecule has 0 aliphatic rings. The van der Waals surface area contributed by atoms with Crippen molar-refractivity contribution < 1.29 is 4.74 Å². The second-order valence-corrected chi connectivity index (χ2v) is 3.41. The van der Waals surface area contributed by atoms with Crippen molar-refractivity contribution in [1.82, 2.24) is 0 Å². The number of anilines is 1. The molecule has 14 heavy (non-hydrogen) atoms. The van der Waals surface area contributed by atoms with E-state index in [1.807, 2.05) is 25.1 Å². The second kappa shape index (κ2) is 5.53. The zero-order chi connectivity index (χ0) is 10.4. The van der Waals surface area contributed by atoms with E-state index in [0.717, 1.165) is 17.9 Å². The van der Waals surface area contributed by atoms with Crippen LogP contribution in [0.5, 0.6) is 5.75 Å². The molecule has 0 aliphatic carbocycles. The minimum atomic E-state index is 0.506. The van der Waals surface area contributed by atoms with Crippen molar-refractivity contribution in [2.75, 3.05) is 11.9 Å². The molecule has 0 aliphatic heterocycles. The predicted octanol–water partition coefficient (Wildman–Crippen LogP) is 3.30. The van der Waals surface area contributed by atoms with Crippen LogP contribution in [0.2, 0.25) is 0 Å². The zero-order valence-corrected chi connectivity index (χ0v) is 9.21. The molecule has 1 atom stereocenters. The molecule has 1 aromatic rings. The highest BCUT2D eigenvalue weighted by molar-refractivity contribution is 5.48. The summed E-state index contributed by atoms with van der Waals surface area (Å²) in [6.45, 7) is 7.05. The van der Waals surface area contributed by atoms with Crippen LogP contribution in [0, 0.1) is 0 Å². The summed E-state index contributed by atoms with van der Waals surface area (Å²) in [5, 5.41) is 3.41. The largest absolute Gasteiger partial charge is 0.494 e. The van der Waals surface area contributed by atoms with Gasteiger partial charge in [0.25, 0.3) is 0 Å². The number of nitrogens with one attached hydrogen (secondary N) is 1. The molecule has 0 bridgehead atoms. The van der Waals surface area contributed by atoms with Gasteiger partial charge in [0, 0.05) is 17.8 Å². The van der Waals surface area contributed by atoms with E-state index in [1.54, 1.807) is 0 Å². The fraction of sp³-hybridized carbons (Fsp3) is 0.500. The van der Waals surface area contributed by atoms with E-state index >= 15 is 0 Å². The van der Waals surface area contributed by atoms with Crippen molar-refractivity contribution in [3.05, 3.63) is 24.3 Å². The average Bonchev–Trinajstić information content (AvgIpc) is 2.19. The van der Waals surface area contributed by atoms with Crippen molar-refractivity contribution in [3.8, 4) is 5.75 Å². The first-order valence-corrected chi connectivity index (χ1v) is 5.25. The molecule has 1 aromatic carbocycles. The van der Waals surface area contributed by atoms with Crippen LogP contribution in [0.4, 0.5) is 5.69 Å². The highest BCUT2D eigenvalue weighted by Crippen LogP contribution is 2.18. The quantitative estimate of drug-likeness (QED) is 0.774. The molecule has 78 valence electrons. The van der Waals surface area contributed by atoms with Gasteiger partial charge in [-0.2, -0.15) is 0 Å². The van der Waals surface area contributed by atoms with Crippen molar-refractivity contribution in [1.29, 1.82) is 0 Å². The molecule has 0 aromatic heterocycles. The fourth-order valence-electron chi connectivity index (χ4n) is 1.23. The maximum absolute atomic E-state index is 5.42. The van der Waals surface area contributed by atoms with Crippen LogP contribution in [-0.2, 0) is 0 Å². The Kier molecular flexibility index (Phi) is 4.30. The summed E-state index contributed by atoms with van der Waals surface area (Å²) in [6, 6.07) is 8.59. The topological polar surface area (TPSA) is 21.3 Å². The van der Waals surface area contributed by atoms with Gasteiger partial charge in [-0.15, -0.1) is 0 Å². The van der Waals surface area contributed by atoms with Gasteiger partial charge < -0.3 is 10.1 Å². The second-order valence-electron chi connectivity index (χ2n) is 3.41. The van der Waals surface area contributed by atoms with Crippen LogP contribution >= 0.6 is 0 Å². The summed E-state index contributed by atoms with van der Waals surface area (Å²) in [4.78, 5) is 0. The van der Waals surface area contributed by atoms with Crippen molar-refractivity contribution in [2.24, 2.45) is 0 Å². The van der Waals surface area contributed by atoms with Crippen LogP contribution < -0.4 is 10.1 Å². The molecule has 0 amide bonds. The standard InChI is InChI=1S/C12H19NO/c1-4-10(3)13-11-7-6-8-12(9-11)14-5-2/h6-10,13H,4-5H2,1-3H3/t10-/m0/s1. The van der Waals surface area contributed by atoms with Gasteiger partial charge in [-0.25, -0.2) is 0 Å². The molecule has 2 heteroatoms. The third-order valence-electron chi connectivity index (χ3n) is 2.17. The van der Waals surface area contributed by atoms with Crippen LogP contribution in [0.1, 0.15) is 27.2 Å². The highest BCUT2D eigenvalue weighted by atomic mass is 16.5. The molecule has 1 rings (SSSR count). The third kappa shape index (κ3) is 3.29. The molecule has 0 heterocycles. The minimum absolute atomic E-state index is 0.506. The zero-order valence-electron chi connectivity index (χ0n) is 9.21. The molecular formula is C12H19NO. The Morgan fingerprint density at radius 1 is 1.36 bits per heavy atom. The monoisotopic (exact) mass is 193 g/mol. The average molecular weight is 193 g/mol. The highest BCUT2D eigenvalue weighted by Gasteiger charge is 1.99. The molecule has 0 fully saturated rings. The summed E-state index contributed by atoms with van der Waals surface area (Å²) in [7, 11) is 0. The first kappa shape index (κ1) is 10.9. The normalized spacial score (nSPS) is 12.2. The van der Waals surface area contributed by atoms with Gasteiger partial charge in [0.2, 0.25) is 0 Å². The van der Waals surface area contributed by atoms with E-state index in [1.165, 1.54) is 0 Å². The van der Waals surface area contributed by atoms with Gasteiger partial charge in [0.1, 0.15) is 5.75 Å². The molecule has 2 nitrogen and oxygen atoms in total. The number of hydrogen-bond donors (Lipinski definition) is 1. The predicted molar refractivity (Wildman–Crippen MR) is 61.0 cm³/mol. The summed E-state index contributed by atoms with van der Waals surface area (Å²) in [5.74, 6) is 0.931. The summed E-state index contributed by atoms with van der Waals surface area (Å²) < 4.78 is 5.42. The Balaban J connectivity index is 2.63. The fourth-order valence-corrected chi connectivity index (χ4v) is 1.23. The summed E-state index contributed by atoms with van der Waals surface area (Å²) in [6.07, 6.45) is 1.12. The van der Waals surface area contributed by atoms with Crippen LogP contribution in [-0.4, -0.2) is 12.6 Å². The van der Waals surface area contributed by atoms with Gasteiger partial charge >= 0.3 is 0 Å². The third-order valence-corrected chi connectivity index (χ3v) is 2.17. The lowest BCUT2D eigenvalue weighted by Crippen LogP contribution is -2.13. The Labute approximate surface area is 86.3 Å². The molecule has 1 N–H and O–H groups in total. The van der Waals surface area contributed by atoms with E-state index in [9.17, 15) is 0 Å². The van der Waals surface area contributed by atoms with E-state index in [0.29, 0.717) is 12.6 Å². The molecule has 0 saturated carbocycles. The number of benzene rings is 1. The lowest BCUT2D eigenvalue weighted by molar-refractivity contribution is 0.340. The van der Waals surface area contributed by atoms with Crippen LogP contribution in [0.3, 0.4) is 0 Å². The SMILES string of the molecule is CCOc1cccc(N[C@@H](C)CC)c1. The Morgan fingerprint density at radius 3 is 2.79 bits per heavy atom. The maximum atomic E-state index is 5.42. The van der Waals surface area contributed by atoms with Gasteiger partial charge in [-0.3, -0.25) is 0 Å². The minimum Gasteiger partial charge on any atom is -0.494 e. The number of rotatable bonds is 5. The van der Waals surface area contributed by atoms with Crippen LogP contribution in [0.15, 0.2) is 24.3 Å². The first-order chi connectivity index (χ1) is 6.76. The molecule has 0 unspecified atom stereocenters. The number of hydrogen-bond acceptors (Lipinski definition) is 2. The molecular weight excluding hydrogens is 174 g/mol. The lowest BCUT2D eigenvalue weighted by Gasteiger charge is -2.13. The summed E-state index contributed by atoms with van der Waals surface area (Å²) in [5.41, 5.74) is 1.13. The van der Waals surface area contributed by atoms with E-state index in [2.05, 4.69) is 25.2 Å². The van der Waals surface area contributed by atoms with Gasteiger partial charge in [0.05, 0.1) is 6.61 Å². The van der Waals surface area contributed by atoms with Gasteiger partial charge in [-0.05, 0) is 32.4 Å². The van der Waals surface area contributed by atoms with E-state index < -0.39 is 0 Å². The van der Waals surface area contributed by atoms with Crippen molar-refractivity contribution >= 4 is 5.69 Å². The van der Waals surface area contributed by atoms with Gasteiger partial charge in [0.15, 0.2) is 0 Å². The Bertz CT molecular complexity index is 273. The van der Waals surface area contributed by atoms with E-state index in [-0.39, 0.29) is 0 Å². The van der Waals surface area contributed by atoms with E-state index in [4.69, 9.17) is 4.74 Å². The summed E-state index contributed by atoms with van der Waals surface area (Å²) >= 11 is 0. The maximum Gasteiger partial charge on any atom is 0.121 e. The Morgan fingerprint density at radius 2 is 2.14 bits per heavy atom. The van der Waals surface area contributed by atoms with Crippen LogP contribution in [0.25, 0.3) is 0 Å². The smallest absolute Gasteiger partial charge is 0.121 e. The molecule has 0 saturated heterocycles. The van der Waals surface area contributed by atoms with Gasteiger partial charge in [-0.1, -0.05) is 13.0 Å². The number of ether oxygens (including phenoxy) is 1. The lowest BCUT2D eigenvalue weighted by atomic mass is 10.2. The first-order valence-electron chi connectivity index (χ1n) is 5.25.